The van der Waals surface area contributed by atoms with Crippen LogP contribution in [-0.4, -0.2) is 47.6 Å². The summed E-state index contributed by atoms with van der Waals surface area (Å²) in [6.07, 6.45) is 2.28. The Bertz CT molecular complexity index is 386. The van der Waals surface area contributed by atoms with E-state index in [4.69, 9.17) is 5.73 Å². The summed E-state index contributed by atoms with van der Waals surface area (Å²) in [5.41, 5.74) is 5.83. The van der Waals surface area contributed by atoms with Gasteiger partial charge in [-0.05, 0) is 33.4 Å². The summed E-state index contributed by atoms with van der Waals surface area (Å²) in [6.45, 7) is 7.39. The largest absolute Gasteiger partial charge is 0.384 e. The molecule has 0 bridgehead atoms. The molecule has 2 N–H and O–H groups in total. The topological polar surface area (TPSA) is 58.3 Å². The van der Waals surface area contributed by atoms with Crippen LogP contribution in [-0.2, 0) is 0 Å². The molecule has 1 saturated heterocycles. The summed E-state index contributed by atoms with van der Waals surface area (Å²) in [5.74, 6) is 2.28. The van der Waals surface area contributed by atoms with E-state index < -0.39 is 0 Å². The number of nitrogens with zero attached hydrogens (tertiary/aromatic N) is 4. The number of aryl methyl sites for hydroxylation is 1. The number of aromatic nitrogens is 2. The molecule has 5 heteroatoms. The molecule has 0 spiro atoms. The van der Waals surface area contributed by atoms with Crippen molar-refractivity contribution in [3.63, 3.8) is 0 Å². The van der Waals surface area contributed by atoms with Gasteiger partial charge in [0.1, 0.15) is 17.5 Å². The molecule has 1 unspecified atom stereocenters. The molecular weight excluding hydrogens is 226 g/mol. The predicted octanol–water partition coefficient (Wildman–Crippen LogP) is 1.29. The van der Waals surface area contributed by atoms with E-state index in [9.17, 15) is 0 Å². The van der Waals surface area contributed by atoms with E-state index in [0.717, 1.165) is 44.1 Å². The third-order valence-electron chi connectivity index (χ3n) is 3.51. The molecule has 2 heterocycles. The molecule has 1 aliphatic heterocycles. The minimum Gasteiger partial charge on any atom is -0.384 e. The van der Waals surface area contributed by atoms with Gasteiger partial charge in [-0.3, -0.25) is 0 Å². The van der Waals surface area contributed by atoms with Crippen LogP contribution >= 0.6 is 0 Å². The van der Waals surface area contributed by atoms with Crippen LogP contribution in [0.4, 0.5) is 11.6 Å². The molecule has 2 rings (SSSR count). The van der Waals surface area contributed by atoms with Crippen molar-refractivity contribution in [1.29, 1.82) is 0 Å². The fraction of sp³-hybridized carbons (Fsp3) is 0.692. The molecule has 0 amide bonds. The Hall–Kier alpha value is -1.36. The molecule has 0 radical (unpaired) electrons. The number of nitrogen functional groups attached to an aromatic ring is 1. The van der Waals surface area contributed by atoms with Gasteiger partial charge < -0.3 is 15.5 Å². The zero-order valence-electron chi connectivity index (χ0n) is 11.6. The minimum absolute atomic E-state index is 0.506. The van der Waals surface area contributed by atoms with Crippen LogP contribution < -0.4 is 10.6 Å². The van der Waals surface area contributed by atoms with E-state index in [1.54, 1.807) is 0 Å². The Morgan fingerprint density at radius 1 is 1.39 bits per heavy atom. The van der Waals surface area contributed by atoms with Gasteiger partial charge in [0.15, 0.2) is 0 Å². The zero-order chi connectivity index (χ0) is 13.1. The van der Waals surface area contributed by atoms with Gasteiger partial charge in [-0.15, -0.1) is 0 Å². The molecule has 1 aromatic heterocycles. The first-order chi connectivity index (χ1) is 8.60. The van der Waals surface area contributed by atoms with Crippen molar-refractivity contribution < 1.29 is 0 Å². The van der Waals surface area contributed by atoms with Crippen LogP contribution in [0.1, 0.15) is 25.6 Å². The number of nitrogens with two attached hydrogens (primary N) is 1. The van der Waals surface area contributed by atoms with Crippen molar-refractivity contribution in [1.82, 2.24) is 14.9 Å². The van der Waals surface area contributed by atoms with Crippen molar-refractivity contribution in [3.8, 4) is 0 Å². The maximum Gasteiger partial charge on any atom is 0.134 e. The summed E-state index contributed by atoms with van der Waals surface area (Å²) >= 11 is 0. The number of hydrogen-bond donors (Lipinski definition) is 1. The summed E-state index contributed by atoms with van der Waals surface area (Å²) in [6, 6.07) is 2.40. The Morgan fingerprint density at radius 3 is 2.83 bits per heavy atom. The van der Waals surface area contributed by atoms with Crippen LogP contribution in [0.15, 0.2) is 6.07 Å². The highest BCUT2D eigenvalue weighted by molar-refractivity contribution is 5.48. The van der Waals surface area contributed by atoms with E-state index in [2.05, 4.69) is 33.7 Å². The van der Waals surface area contributed by atoms with E-state index >= 15 is 0 Å². The zero-order valence-corrected chi connectivity index (χ0v) is 11.6. The molecule has 0 aromatic carbocycles. The van der Waals surface area contributed by atoms with E-state index in [0.29, 0.717) is 11.9 Å². The predicted molar refractivity (Wildman–Crippen MR) is 74.7 cm³/mol. The molecule has 100 valence electrons. The first kappa shape index (κ1) is 13.1. The Labute approximate surface area is 109 Å². The van der Waals surface area contributed by atoms with Gasteiger partial charge in [0, 0.05) is 25.2 Å². The SMILES string of the molecule is CCC1CN(C)CCCN1c1cc(N)nc(C)n1. The standard InChI is InChI=1S/C13H23N5/c1-4-11-9-17(3)6-5-7-18(11)13-8-12(14)15-10(2)16-13/h8,11H,4-7,9H2,1-3H3,(H2,14,15,16). The molecule has 5 nitrogen and oxygen atoms in total. The van der Waals surface area contributed by atoms with Crippen LogP contribution in [0.3, 0.4) is 0 Å². The average molecular weight is 249 g/mol. The highest BCUT2D eigenvalue weighted by Crippen LogP contribution is 2.21. The van der Waals surface area contributed by atoms with Crippen molar-refractivity contribution in [2.45, 2.75) is 32.7 Å². The molecule has 1 atom stereocenters. The number of anilines is 2. The van der Waals surface area contributed by atoms with Crippen LogP contribution in [0.2, 0.25) is 0 Å². The van der Waals surface area contributed by atoms with Gasteiger partial charge in [0.05, 0.1) is 0 Å². The van der Waals surface area contributed by atoms with Crippen molar-refractivity contribution in [2.75, 3.05) is 37.3 Å². The molecule has 1 fully saturated rings. The van der Waals surface area contributed by atoms with Gasteiger partial charge in [0.2, 0.25) is 0 Å². The van der Waals surface area contributed by atoms with Gasteiger partial charge in [-0.2, -0.15) is 0 Å². The van der Waals surface area contributed by atoms with Crippen molar-refractivity contribution >= 4 is 11.6 Å². The summed E-state index contributed by atoms with van der Waals surface area (Å²) < 4.78 is 0. The van der Waals surface area contributed by atoms with Gasteiger partial charge in [-0.25, -0.2) is 9.97 Å². The second-order valence-corrected chi connectivity index (χ2v) is 5.07. The van der Waals surface area contributed by atoms with Gasteiger partial charge in [-0.1, -0.05) is 6.92 Å². The Kier molecular flexibility index (Phi) is 4.01. The quantitative estimate of drug-likeness (QED) is 0.856. The average Bonchev–Trinajstić information content (AvgIpc) is 2.49. The highest BCUT2D eigenvalue weighted by atomic mass is 15.3. The van der Waals surface area contributed by atoms with Crippen molar-refractivity contribution in [2.24, 2.45) is 0 Å². The Morgan fingerprint density at radius 2 is 2.17 bits per heavy atom. The van der Waals surface area contributed by atoms with Crippen LogP contribution in [0.5, 0.6) is 0 Å². The summed E-state index contributed by atoms with van der Waals surface area (Å²) in [7, 11) is 2.19. The third-order valence-corrected chi connectivity index (χ3v) is 3.51. The van der Waals surface area contributed by atoms with E-state index in [1.165, 1.54) is 0 Å². The third kappa shape index (κ3) is 2.90. The number of hydrogen-bond acceptors (Lipinski definition) is 5. The lowest BCUT2D eigenvalue weighted by Gasteiger charge is -2.31. The normalized spacial score (nSPS) is 21.9. The minimum atomic E-state index is 0.506. The maximum absolute atomic E-state index is 5.83. The molecule has 18 heavy (non-hydrogen) atoms. The smallest absolute Gasteiger partial charge is 0.134 e. The summed E-state index contributed by atoms with van der Waals surface area (Å²) in [4.78, 5) is 13.5. The Balaban J connectivity index is 2.28. The van der Waals surface area contributed by atoms with Crippen LogP contribution in [0, 0.1) is 6.92 Å². The second-order valence-electron chi connectivity index (χ2n) is 5.07. The molecule has 1 aliphatic rings. The van der Waals surface area contributed by atoms with E-state index in [-0.39, 0.29) is 0 Å². The highest BCUT2D eigenvalue weighted by Gasteiger charge is 2.23. The number of likely N-dealkylation sites (N-methyl/N-ethyl adjacent to an activating group) is 1. The fourth-order valence-corrected chi connectivity index (χ4v) is 2.62. The summed E-state index contributed by atoms with van der Waals surface area (Å²) in [5, 5.41) is 0. The number of rotatable bonds is 2. The molecular formula is C13H23N5. The monoisotopic (exact) mass is 249 g/mol. The lowest BCUT2D eigenvalue weighted by atomic mass is 10.2. The molecule has 0 aliphatic carbocycles. The maximum atomic E-state index is 5.83. The molecule has 0 saturated carbocycles. The first-order valence-electron chi connectivity index (χ1n) is 6.66. The lowest BCUT2D eigenvalue weighted by Crippen LogP contribution is -2.40. The first-order valence-corrected chi connectivity index (χ1v) is 6.66. The lowest BCUT2D eigenvalue weighted by molar-refractivity contribution is 0.327. The fourth-order valence-electron chi connectivity index (χ4n) is 2.62. The van der Waals surface area contributed by atoms with E-state index in [1.807, 2.05) is 13.0 Å². The van der Waals surface area contributed by atoms with Gasteiger partial charge in [0.25, 0.3) is 0 Å². The van der Waals surface area contributed by atoms with Crippen LogP contribution in [0.25, 0.3) is 0 Å². The second kappa shape index (κ2) is 5.52. The molecule has 1 aromatic rings. The van der Waals surface area contributed by atoms with Gasteiger partial charge >= 0.3 is 0 Å². The van der Waals surface area contributed by atoms with Crippen molar-refractivity contribution in [3.05, 3.63) is 11.9 Å².